The van der Waals surface area contributed by atoms with E-state index in [2.05, 4.69) is 42.2 Å². The van der Waals surface area contributed by atoms with E-state index in [1.165, 1.54) is 35.8 Å². The van der Waals surface area contributed by atoms with Crippen molar-refractivity contribution in [1.82, 2.24) is 0 Å². The van der Waals surface area contributed by atoms with E-state index < -0.39 is 17.0 Å². The van der Waals surface area contributed by atoms with E-state index in [0.717, 1.165) is 24.0 Å². The molecule has 1 aliphatic rings. The molecular weight excluding hydrogens is 408 g/mol. The number of piperidine rings is 1. The second-order valence-electron chi connectivity index (χ2n) is 6.24. The zero-order chi connectivity index (χ0) is 18.2. The molecule has 0 bridgehead atoms. The minimum absolute atomic E-state index is 0.456. The average molecular weight is 432 g/mol. The van der Waals surface area contributed by atoms with Gasteiger partial charge >= 0.3 is 35.6 Å². The fourth-order valence-corrected chi connectivity index (χ4v) is 4.64. The van der Waals surface area contributed by atoms with Crippen molar-refractivity contribution in [3.63, 3.8) is 0 Å². The van der Waals surface area contributed by atoms with Crippen LogP contribution in [0.4, 0.5) is 5.69 Å². The van der Waals surface area contributed by atoms with Crippen molar-refractivity contribution in [3.05, 3.63) is 47.5 Å². The van der Waals surface area contributed by atoms with Gasteiger partial charge in [0, 0.05) is 29.4 Å². The Morgan fingerprint density at radius 1 is 1.00 bits per heavy atom. The second kappa shape index (κ2) is 10.8. The number of anilines is 1. The molecule has 1 N–H and O–H groups in total. The Labute approximate surface area is 169 Å². The van der Waals surface area contributed by atoms with Crippen LogP contribution in [0, 0.1) is 13.8 Å². The van der Waals surface area contributed by atoms with Gasteiger partial charge in [0.05, 0.1) is 0 Å². The third-order valence-corrected chi connectivity index (χ3v) is 5.66. The molecule has 0 amide bonds. The summed E-state index contributed by atoms with van der Waals surface area (Å²) in [7, 11) is 10.3. The molecule has 1 unspecified atom stereocenters. The first-order chi connectivity index (χ1) is 12.1. The molecule has 1 fully saturated rings. The van der Waals surface area contributed by atoms with E-state index in [1.54, 1.807) is 0 Å². The molecule has 0 spiro atoms. The Morgan fingerprint density at radius 3 is 2.32 bits per heavy atom. The number of phenols is 1. The van der Waals surface area contributed by atoms with E-state index in [4.69, 9.17) is 18.6 Å². The number of aryl methyl sites for hydroxylation is 2. The first-order valence-corrected chi connectivity index (χ1v) is 13.7. The summed E-state index contributed by atoms with van der Waals surface area (Å²) in [6, 6.07) is 12.8. The number of hydrogen-bond acceptors (Lipinski definition) is 2. The van der Waals surface area contributed by atoms with Crippen molar-refractivity contribution in [2.75, 3.05) is 18.0 Å². The summed E-state index contributed by atoms with van der Waals surface area (Å²) in [5.74, 6) is 0.456. The van der Waals surface area contributed by atoms with Crippen LogP contribution >= 0.6 is 27.2 Å². The molecule has 0 saturated carbocycles. The monoisotopic (exact) mass is 431 g/mol. The molecular formula is C19H24Cl2NOPTi. The topological polar surface area (TPSA) is 23.5 Å². The van der Waals surface area contributed by atoms with Gasteiger partial charge in [-0.1, -0.05) is 32.8 Å². The van der Waals surface area contributed by atoms with Gasteiger partial charge in [-0.25, -0.2) is 0 Å². The SMILES string of the molecule is Cc1cc(C)c(O)c(Pc2ccccc2N2CCCCC2)c1.[Cl][Ti][Cl]. The molecule has 0 aromatic heterocycles. The summed E-state index contributed by atoms with van der Waals surface area (Å²) in [4.78, 5) is 2.51. The van der Waals surface area contributed by atoms with Crippen molar-refractivity contribution in [1.29, 1.82) is 0 Å². The fraction of sp³-hybridized carbons (Fsp3) is 0.368. The molecule has 2 aromatic carbocycles. The van der Waals surface area contributed by atoms with Crippen molar-refractivity contribution in [3.8, 4) is 5.75 Å². The van der Waals surface area contributed by atoms with Gasteiger partial charge in [-0.3, -0.25) is 0 Å². The van der Waals surface area contributed by atoms with Gasteiger partial charge in [-0.05, 0) is 56.4 Å². The Kier molecular flexibility index (Phi) is 9.10. The maximum atomic E-state index is 10.4. The van der Waals surface area contributed by atoms with Crippen molar-refractivity contribution in [2.45, 2.75) is 33.1 Å². The van der Waals surface area contributed by atoms with Crippen LogP contribution in [0.5, 0.6) is 5.75 Å². The zero-order valence-corrected chi connectivity index (χ0v) is 18.7. The van der Waals surface area contributed by atoms with Crippen LogP contribution in [-0.2, 0) is 17.0 Å². The molecule has 0 aliphatic carbocycles. The number of benzene rings is 2. The quantitative estimate of drug-likeness (QED) is 0.545. The number of nitrogens with zero attached hydrogens (tertiary/aromatic N) is 1. The first kappa shape index (κ1) is 21.1. The summed E-state index contributed by atoms with van der Waals surface area (Å²) in [6.45, 7) is 6.38. The van der Waals surface area contributed by atoms with Crippen LogP contribution in [-0.4, -0.2) is 18.2 Å². The molecule has 2 nitrogen and oxygen atoms in total. The van der Waals surface area contributed by atoms with E-state index in [-0.39, 0.29) is 0 Å². The minimum atomic E-state index is -0.556. The van der Waals surface area contributed by atoms with Gasteiger partial charge in [0.25, 0.3) is 0 Å². The summed E-state index contributed by atoms with van der Waals surface area (Å²) >= 11 is -0.556. The number of phenolic OH excluding ortho intramolecular Hbond substituents is 1. The molecule has 0 radical (unpaired) electrons. The zero-order valence-electron chi connectivity index (χ0n) is 14.6. The summed E-state index contributed by atoms with van der Waals surface area (Å²) in [5, 5.41) is 12.8. The number of para-hydroxylation sites is 1. The molecule has 1 heterocycles. The van der Waals surface area contributed by atoms with Crippen LogP contribution in [0.25, 0.3) is 0 Å². The number of hydrogen-bond donors (Lipinski definition) is 1. The van der Waals surface area contributed by atoms with E-state index in [1.807, 2.05) is 13.0 Å². The Balaban J connectivity index is 0.000000701. The van der Waals surface area contributed by atoms with Gasteiger partial charge in [-0.15, -0.1) is 0 Å². The molecule has 3 rings (SSSR count). The van der Waals surface area contributed by atoms with Crippen LogP contribution < -0.4 is 15.5 Å². The number of rotatable bonds is 3. The molecule has 1 aliphatic heterocycles. The standard InChI is InChI=1S/C19H24NOP.2ClH.Ti/c1-14-12-15(2)19(21)18(13-14)22-17-9-5-4-8-16(17)20-10-6-3-7-11-20;;;/h4-5,8-9,12-13,21-22H,3,6-7,10-11H2,1-2H3;2*1H;/q;;;+2/p-2. The second-order valence-corrected chi connectivity index (χ2v) is 10.1. The van der Waals surface area contributed by atoms with Gasteiger partial charge in [-0.2, -0.15) is 0 Å². The summed E-state index contributed by atoms with van der Waals surface area (Å²) in [5.41, 5.74) is 3.53. The van der Waals surface area contributed by atoms with Gasteiger partial charge in [0.1, 0.15) is 5.75 Å². The number of halogens is 2. The van der Waals surface area contributed by atoms with Crippen LogP contribution in [0.1, 0.15) is 30.4 Å². The normalized spacial score (nSPS) is 14.3. The Bertz CT molecular complexity index is 693. The van der Waals surface area contributed by atoms with Crippen molar-refractivity contribution >= 4 is 43.5 Å². The molecule has 6 heteroatoms. The van der Waals surface area contributed by atoms with Crippen LogP contribution in [0.15, 0.2) is 36.4 Å². The molecule has 2 aromatic rings. The fourth-order valence-electron chi connectivity index (χ4n) is 3.19. The Hall–Kier alpha value is -0.236. The maximum absolute atomic E-state index is 10.4. The van der Waals surface area contributed by atoms with Crippen LogP contribution in [0.2, 0.25) is 0 Å². The summed E-state index contributed by atoms with van der Waals surface area (Å²) in [6.07, 6.45) is 3.91. The third-order valence-electron chi connectivity index (χ3n) is 4.31. The van der Waals surface area contributed by atoms with E-state index in [9.17, 15) is 5.11 Å². The van der Waals surface area contributed by atoms with Crippen molar-refractivity contribution in [2.24, 2.45) is 0 Å². The predicted octanol–water partition coefficient (Wildman–Crippen LogP) is 5.01. The summed E-state index contributed by atoms with van der Waals surface area (Å²) < 4.78 is 0. The van der Waals surface area contributed by atoms with Gasteiger partial charge < -0.3 is 10.0 Å². The average Bonchev–Trinajstić information content (AvgIpc) is 2.61. The molecule has 1 atom stereocenters. The molecule has 25 heavy (non-hydrogen) atoms. The number of aromatic hydroxyl groups is 1. The predicted molar refractivity (Wildman–Crippen MR) is 109 cm³/mol. The van der Waals surface area contributed by atoms with E-state index >= 15 is 0 Å². The molecule has 134 valence electrons. The third kappa shape index (κ3) is 6.16. The van der Waals surface area contributed by atoms with Gasteiger partial charge in [0.2, 0.25) is 0 Å². The van der Waals surface area contributed by atoms with E-state index in [0.29, 0.717) is 14.3 Å². The van der Waals surface area contributed by atoms with Gasteiger partial charge in [0.15, 0.2) is 0 Å². The van der Waals surface area contributed by atoms with Crippen molar-refractivity contribution < 1.29 is 22.1 Å². The molecule has 1 saturated heterocycles. The Morgan fingerprint density at radius 2 is 1.64 bits per heavy atom. The first-order valence-electron chi connectivity index (χ1n) is 8.44. The van der Waals surface area contributed by atoms with Crippen LogP contribution in [0.3, 0.4) is 0 Å².